The Morgan fingerprint density at radius 1 is 1.33 bits per heavy atom. The Morgan fingerprint density at radius 2 is 2.17 bits per heavy atom. The highest BCUT2D eigenvalue weighted by atomic mass is 127. The van der Waals surface area contributed by atoms with E-state index in [0.29, 0.717) is 5.92 Å². The number of aliphatic imine (C=N–C) groups is 1. The van der Waals surface area contributed by atoms with E-state index in [-0.39, 0.29) is 30.0 Å². The van der Waals surface area contributed by atoms with Crippen LogP contribution in [0.15, 0.2) is 47.7 Å². The fourth-order valence-corrected chi connectivity index (χ4v) is 3.39. The molecule has 1 aromatic carbocycles. The molecule has 30 heavy (non-hydrogen) atoms. The number of guanidine groups is 1. The summed E-state index contributed by atoms with van der Waals surface area (Å²) in [5, 5.41) is 11.1. The summed E-state index contributed by atoms with van der Waals surface area (Å²) in [5.74, 6) is 1.45. The summed E-state index contributed by atoms with van der Waals surface area (Å²) in [6.07, 6.45) is 6.92. The molecule has 0 amide bonds. The third-order valence-electron chi connectivity index (χ3n) is 5.17. The minimum absolute atomic E-state index is 0. The van der Waals surface area contributed by atoms with Gasteiger partial charge in [0.2, 0.25) is 0 Å². The van der Waals surface area contributed by atoms with E-state index in [1.165, 1.54) is 5.56 Å². The second-order valence-corrected chi connectivity index (χ2v) is 7.39. The van der Waals surface area contributed by atoms with Crippen molar-refractivity contribution in [2.75, 3.05) is 40.0 Å². The average Bonchev–Trinajstić information content (AvgIpc) is 3.31. The summed E-state index contributed by atoms with van der Waals surface area (Å²) in [6.45, 7) is 6.32. The zero-order valence-electron chi connectivity index (χ0n) is 17.9. The van der Waals surface area contributed by atoms with Crippen molar-refractivity contribution in [1.29, 1.82) is 0 Å². The van der Waals surface area contributed by atoms with Crippen LogP contribution in [0.1, 0.15) is 37.8 Å². The Balaban J connectivity index is 0.00000320. The van der Waals surface area contributed by atoms with Gasteiger partial charge in [-0.05, 0) is 55.9 Å². The zero-order chi connectivity index (χ0) is 20.3. The van der Waals surface area contributed by atoms with Gasteiger partial charge in [0.15, 0.2) is 5.96 Å². The molecule has 2 heterocycles. The summed E-state index contributed by atoms with van der Waals surface area (Å²) in [7, 11) is 1.80. The maximum Gasteiger partial charge on any atom is 0.191 e. The number of halogens is 1. The van der Waals surface area contributed by atoms with Crippen molar-refractivity contribution in [3.8, 4) is 5.69 Å². The second-order valence-electron chi connectivity index (χ2n) is 7.39. The summed E-state index contributed by atoms with van der Waals surface area (Å²) >= 11 is 0. The average molecular weight is 527 g/mol. The lowest BCUT2D eigenvalue weighted by Gasteiger charge is -2.22. The Kier molecular flexibility index (Phi) is 11.2. The Labute approximate surface area is 196 Å². The van der Waals surface area contributed by atoms with Crippen LogP contribution in [0.2, 0.25) is 0 Å². The van der Waals surface area contributed by atoms with Gasteiger partial charge in [-0.3, -0.25) is 4.99 Å². The number of hydrogen-bond donors (Lipinski definition) is 2. The highest BCUT2D eigenvalue weighted by molar-refractivity contribution is 14.0. The molecule has 0 saturated carbocycles. The van der Waals surface area contributed by atoms with Crippen molar-refractivity contribution in [1.82, 2.24) is 20.4 Å². The zero-order valence-corrected chi connectivity index (χ0v) is 20.2. The van der Waals surface area contributed by atoms with Crippen LogP contribution >= 0.6 is 24.0 Å². The van der Waals surface area contributed by atoms with Crippen LogP contribution in [0.25, 0.3) is 5.69 Å². The van der Waals surface area contributed by atoms with Gasteiger partial charge >= 0.3 is 0 Å². The first kappa shape index (κ1) is 24.6. The van der Waals surface area contributed by atoms with E-state index < -0.39 is 0 Å². The predicted octanol–water partition coefficient (Wildman–Crippen LogP) is 3.55. The largest absolute Gasteiger partial charge is 0.381 e. The number of hydrogen-bond acceptors (Lipinski definition) is 4. The molecular formula is C22H34IN5O2. The van der Waals surface area contributed by atoms with Crippen LogP contribution in [-0.2, 0) is 9.47 Å². The van der Waals surface area contributed by atoms with Gasteiger partial charge in [-0.2, -0.15) is 5.10 Å². The van der Waals surface area contributed by atoms with Gasteiger partial charge in [-0.1, -0.05) is 12.1 Å². The van der Waals surface area contributed by atoms with E-state index in [4.69, 9.17) is 9.47 Å². The molecule has 1 aliphatic rings. The molecule has 2 aromatic rings. The first-order chi connectivity index (χ1) is 14.3. The number of nitrogens with zero attached hydrogens (tertiary/aromatic N) is 3. The van der Waals surface area contributed by atoms with Crippen LogP contribution in [0.3, 0.4) is 0 Å². The molecule has 0 aliphatic carbocycles. The minimum atomic E-state index is 0. The summed E-state index contributed by atoms with van der Waals surface area (Å²) in [4.78, 5) is 4.34. The fraction of sp³-hybridized carbons (Fsp3) is 0.545. The van der Waals surface area contributed by atoms with Crippen molar-refractivity contribution in [2.45, 2.75) is 32.2 Å². The van der Waals surface area contributed by atoms with Crippen molar-refractivity contribution >= 4 is 29.9 Å². The van der Waals surface area contributed by atoms with Gasteiger partial charge in [0.05, 0.1) is 11.7 Å². The first-order valence-electron chi connectivity index (χ1n) is 10.5. The Hall–Kier alpha value is -1.65. The number of benzene rings is 1. The van der Waals surface area contributed by atoms with E-state index in [2.05, 4.69) is 51.9 Å². The van der Waals surface area contributed by atoms with Crippen LogP contribution in [0.5, 0.6) is 0 Å². The van der Waals surface area contributed by atoms with Crippen molar-refractivity contribution in [3.63, 3.8) is 0 Å². The molecular weight excluding hydrogens is 493 g/mol. The van der Waals surface area contributed by atoms with Gasteiger partial charge in [0, 0.05) is 52.4 Å². The minimum Gasteiger partial charge on any atom is -0.381 e. The van der Waals surface area contributed by atoms with Crippen molar-refractivity contribution < 1.29 is 9.47 Å². The summed E-state index contributed by atoms with van der Waals surface area (Å²) in [5.41, 5.74) is 2.23. The molecule has 0 bridgehead atoms. The monoisotopic (exact) mass is 527 g/mol. The highest BCUT2D eigenvalue weighted by Crippen LogP contribution is 2.16. The molecule has 0 spiro atoms. The molecule has 8 heteroatoms. The van der Waals surface area contributed by atoms with Crippen LogP contribution in [0, 0.1) is 5.92 Å². The molecule has 0 radical (unpaired) electrons. The SMILES string of the molecule is CN=C(NCCCOCC1CCOCC1)NC(C)c1cccc(-n2cccn2)c1.I. The van der Waals surface area contributed by atoms with E-state index in [0.717, 1.165) is 63.9 Å². The Bertz CT molecular complexity index is 748. The quantitative estimate of drug-likeness (QED) is 0.226. The van der Waals surface area contributed by atoms with Crippen LogP contribution in [-0.4, -0.2) is 55.8 Å². The van der Waals surface area contributed by atoms with E-state index in [1.54, 1.807) is 13.2 Å². The van der Waals surface area contributed by atoms with Crippen LogP contribution < -0.4 is 10.6 Å². The number of ether oxygens (including phenoxy) is 2. The predicted molar refractivity (Wildman–Crippen MR) is 131 cm³/mol. The molecule has 1 atom stereocenters. The third-order valence-corrected chi connectivity index (χ3v) is 5.17. The summed E-state index contributed by atoms with van der Waals surface area (Å²) in [6, 6.07) is 10.4. The molecule has 166 valence electrons. The lowest BCUT2D eigenvalue weighted by molar-refractivity contribution is 0.0203. The molecule has 1 unspecified atom stereocenters. The van der Waals surface area contributed by atoms with Gasteiger partial charge in [0.25, 0.3) is 0 Å². The summed E-state index contributed by atoms with van der Waals surface area (Å²) < 4.78 is 13.1. The Morgan fingerprint density at radius 3 is 2.90 bits per heavy atom. The maximum atomic E-state index is 5.82. The number of aromatic nitrogens is 2. The van der Waals surface area contributed by atoms with E-state index in [1.807, 2.05) is 16.9 Å². The smallest absolute Gasteiger partial charge is 0.191 e. The molecule has 1 fully saturated rings. The molecule has 7 nitrogen and oxygen atoms in total. The third kappa shape index (κ3) is 7.88. The fourth-order valence-electron chi connectivity index (χ4n) is 3.39. The van der Waals surface area contributed by atoms with Gasteiger partial charge in [-0.15, -0.1) is 24.0 Å². The lowest BCUT2D eigenvalue weighted by atomic mass is 10.0. The number of nitrogens with one attached hydrogen (secondary N) is 2. The maximum absolute atomic E-state index is 5.82. The molecule has 3 rings (SSSR count). The van der Waals surface area contributed by atoms with Gasteiger partial charge in [-0.25, -0.2) is 4.68 Å². The first-order valence-corrected chi connectivity index (χ1v) is 10.5. The highest BCUT2D eigenvalue weighted by Gasteiger charge is 2.13. The molecule has 1 saturated heterocycles. The molecule has 1 aromatic heterocycles. The van der Waals surface area contributed by atoms with E-state index >= 15 is 0 Å². The van der Waals surface area contributed by atoms with Gasteiger partial charge in [0.1, 0.15) is 0 Å². The molecule has 2 N–H and O–H groups in total. The lowest BCUT2D eigenvalue weighted by Crippen LogP contribution is -2.39. The standard InChI is InChI=1S/C22H33N5O2.HI/c1-18(20-6-3-7-21(16-20)27-12-4-11-25-27)26-22(23-2)24-10-5-13-29-17-19-8-14-28-15-9-19;/h3-4,6-7,11-12,16,18-19H,5,8-10,13-15,17H2,1-2H3,(H2,23,24,26);1H. The number of rotatable bonds is 9. The normalized spacial score (nSPS) is 16.0. The van der Waals surface area contributed by atoms with Crippen molar-refractivity contribution in [3.05, 3.63) is 48.3 Å². The van der Waals surface area contributed by atoms with Gasteiger partial charge < -0.3 is 20.1 Å². The van der Waals surface area contributed by atoms with Crippen molar-refractivity contribution in [2.24, 2.45) is 10.9 Å². The molecule has 1 aliphatic heterocycles. The second kappa shape index (κ2) is 13.6. The topological polar surface area (TPSA) is 72.7 Å². The van der Waals surface area contributed by atoms with E-state index in [9.17, 15) is 0 Å². The van der Waals surface area contributed by atoms with Crippen LogP contribution in [0.4, 0.5) is 0 Å².